The van der Waals surface area contributed by atoms with Gasteiger partial charge in [0.2, 0.25) is 0 Å². The van der Waals surface area contributed by atoms with Crippen molar-refractivity contribution in [3.05, 3.63) is 35.6 Å². The molecule has 0 radical (unpaired) electrons. The van der Waals surface area contributed by atoms with Crippen molar-refractivity contribution < 1.29 is 18.9 Å². The van der Waals surface area contributed by atoms with Crippen LogP contribution in [0.3, 0.4) is 0 Å². The molecule has 0 N–H and O–H groups in total. The first-order valence-corrected chi connectivity index (χ1v) is 4.22. The molecule has 0 bridgehead atoms. The van der Waals surface area contributed by atoms with E-state index in [0.29, 0.717) is 0 Å². The molecule has 0 saturated heterocycles. The summed E-state index contributed by atoms with van der Waals surface area (Å²) in [5.41, 5.74) is 1.32. The second kappa shape index (κ2) is 5.77. The maximum Gasteiger partial charge on any atom is 1.00 e. The molecule has 1 rings (SSSR count). The van der Waals surface area contributed by atoms with Crippen LogP contribution in [0, 0.1) is 12.7 Å². The van der Waals surface area contributed by atoms with E-state index in [4.69, 9.17) is 0 Å². The van der Waals surface area contributed by atoms with Crippen LogP contribution in [-0.2, 0) is 0 Å². The number of benzene rings is 1. The Bertz CT molecular complexity index is 193. The third-order valence-electron chi connectivity index (χ3n) is 1.27. The van der Waals surface area contributed by atoms with Gasteiger partial charge in [0.25, 0.3) is 0 Å². The van der Waals surface area contributed by atoms with E-state index in [0.717, 1.165) is 0 Å². The molecule has 0 atom stereocenters. The standard InChI is InChI=1S/C9H11S.Li/c1-3-10-9-6-4-8(2)5-7-9;/h3-7H,1-2H3;/q-1;+1. The van der Waals surface area contributed by atoms with E-state index in [-0.39, 0.29) is 18.9 Å². The minimum Gasteiger partial charge on any atom is -0.316 e. The Labute approximate surface area is 84.9 Å². The SMILES string of the molecule is C[CH-]Sc1ccc(C)cc1.[Li+]. The van der Waals surface area contributed by atoms with E-state index >= 15 is 0 Å². The van der Waals surface area contributed by atoms with E-state index in [1.54, 1.807) is 11.8 Å². The molecule has 0 aliphatic carbocycles. The molecule has 11 heavy (non-hydrogen) atoms. The maximum atomic E-state index is 2.14. The van der Waals surface area contributed by atoms with Gasteiger partial charge in [0.05, 0.1) is 0 Å². The van der Waals surface area contributed by atoms with Crippen LogP contribution in [0.4, 0.5) is 0 Å². The summed E-state index contributed by atoms with van der Waals surface area (Å²) < 4.78 is 0. The Morgan fingerprint density at radius 3 is 2.18 bits per heavy atom. The predicted molar refractivity (Wildman–Crippen MR) is 47.0 cm³/mol. The Morgan fingerprint density at radius 2 is 1.73 bits per heavy atom. The summed E-state index contributed by atoms with van der Waals surface area (Å²) in [5, 5.41) is 0. The molecule has 0 aliphatic heterocycles. The summed E-state index contributed by atoms with van der Waals surface area (Å²) in [6, 6.07) is 8.54. The summed E-state index contributed by atoms with van der Waals surface area (Å²) >= 11 is 1.76. The molecule has 0 aliphatic rings. The largest absolute Gasteiger partial charge is 1.00 e. The van der Waals surface area contributed by atoms with Crippen molar-refractivity contribution in [2.45, 2.75) is 18.7 Å². The minimum absolute atomic E-state index is 0. The Hall–Kier alpha value is 0.167. The monoisotopic (exact) mass is 158 g/mol. The van der Waals surface area contributed by atoms with Gasteiger partial charge in [-0.3, -0.25) is 5.75 Å². The molecule has 0 nitrogen and oxygen atoms in total. The topological polar surface area (TPSA) is 0 Å². The fraction of sp³-hybridized carbons (Fsp3) is 0.222. The summed E-state index contributed by atoms with van der Waals surface area (Å²) in [6.45, 7) is 4.15. The third-order valence-corrected chi connectivity index (χ3v) is 2.05. The first kappa shape index (κ1) is 11.2. The maximum absolute atomic E-state index is 2.14. The summed E-state index contributed by atoms with van der Waals surface area (Å²) in [7, 11) is 0. The normalized spacial score (nSPS) is 8.91. The molecule has 2 heteroatoms. The smallest absolute Gasteiger partial charge is 0.316 e. The molecule has 0 amide bonds. The number of rotatable bonds is 2. The molecule has 1 aromatic carbocycles. The average molecular weight is 158 g/mol. The molecule has 0 fully saturated rings. The van der Waals surface area contributed by atoms with Gasteiger partial charge in [-0.25, -0.2) is 0 Å². The zero-order valence-electron chi connectivity index (χ0n) is 7.29. The summed E-state index contributed by atoms with van der Waals surface area (Å²) in [6.07, 6.45) is 0. The van der Waals surface area contributed by atoms with Crippen LogP contribution in [0.25, 0.3) is 0 Å². The average Bonchev–Trinajstić information content (AvgIpc) is 1.95. The number of hydrogen-bond donors (Lipinski definition) is 0. The van der Waals surface area contributed by atoms with Gasteiger partial charge in [0.1, 0.15) is 0 Å². The molecule has 0 aromatic heterocycles. The van der Waals surface area contributed by atoms with Gasteiger partial charge >= 0.3 is 18.9 Å². The van der Waals surface area contributed by atoms with E-state index in [1.165, 1.54) is 10.5 Å². The number of hydrogen-bond acceptors (Lipinski definition) is 1. The summed E-state index contributed by atoms with van der Waals surface area (Å²) in [5.74, 6) is 2.09. The molecule has 54 valence electrons. The van der Waals surface area contributed by atoms with Crippen LogP contribution in [0.15, 0.2) is 29.2 Å². The number of thioether (sulfide) groups is 1. The van der Waals surface area contributed by atoms with E-state index in [2.05, 4.69) is 36.9 Å². The Balaban J connectivity index is 0.000001000. The Kier molecular flexibility index (Phi) is 5.86. The first-order valence-electron chi connectivity index (χ1n) is 3.34. The van der Waals surface area contributed by atoms with Gasteiger partial charge in [0.15, 0.2) is 0 Å². The minimum atomic E-state index is 0. The summed E-state index contributed by atoms with van der Waals surface area (Å²) in [4.78, 5) is 1.31. The predicted octanol–water partition coefficient (Wildman–Crippen LogP) is 0.273. The van der Waals surface area contributed by atoms with Crippen LogP contribution < -0.4 is 18.9 Å². The Morgan fingerprint density at radius 1 is 1.18 bits per heavy atom. The molecule has 0 unspecified atom stereocenters. The van der Waals surface area contributed by atoms with Gasteiger partial charge < -0.3 is 11.8 Å². The molecule has 0 spiro atoms. The van der Waals surface area contributed by atoms with Crippen LogP contribution >= 0.6 is 11.8 Å². The second-order valence-corrected chi connectivity index (χ2v) is 3.35. The zero-order valence-corrected chi connectivity index (χ0v) is 8.11. The van der Waals surface area contributed by atoms with Crippen LogP contribution in [0.1, 0.15) is 12.5 Å². The van der Waals surface area contributed by atoms with Crippen molar-refractivity contribution >= 4 is 11.8 Å². The van der Waals surface area contributed by atoms with Crippen LogP contribution in [0.5, 0.6) is 0 Å². The van der Waals surface area contributed by atoms with Crippen molar-refractivity contribution in [3.63, 3.8) is 0 Å². The number of aryl methyl sites for hydroxylation is 1. The molecule has 0 heterocycles. The van der Waals surface area contributed by atoms with Crippen LogP contribution in [0.2, 0.25) is 0 Å². The molecule has 1 aromatic rings. The van der Waals surface area contributed by atoms with Crippen molar-refractivity contribution in [2.75, 3.05) is 0 Å². The van der Waals surface area contributed by atoms with E-state index in [1.807, 2.05) is 6.92 Å². The first-order chi connectivity index (χ1) is 4.83. The zero-order chi connectivity index (χ0) is 7.40. The third kappa shape index (κ3) is 3.91. The van der Waals surface area contributed by atoms with Crippen LogP contribution in [-0.4, -0.2) is 0 Å². The molecular weight excluding hydrogens is 147 g/mol. The van der Waals surface area contributed by atoms with Gasteiger partial charge in [-0.05, 0) is 11.8 Å². The van der Waals surface area contributed by atoms with E-state index in [9.17, 15) is 0 Å². The van der Waals surface area contributed by atoms with Gasteiger partial charge in [-0.1, -0.05) is 29.8 Å². The van der Waals surface area contributed by atoms with Crippen molar-refractivity contribution in [2.24, 2.45) is 0 Å². The quantitative estimate of drug-likeness (QED) is 0.338. The fourth-order valence-corrected chi connectivity index (χ4v) is 1.32. The molecular formula is C9H11LiS. The van der Waals surface area contributed by atoms with Gasteiger partial charge in [-0.2, -0.15) is 6.92 Å². The van der Waals surface area contributed by atoms with Gasteiger partial charge in [-0.15, -0.1) is 0 Å². The van der Waals surface area contributed by atoms with Crippen molar-refractivity contribution in [1.29, 1.82) is 0 Å². The second-order valence-electron chi connectivity index (χ2n) is 2.17. The van der Waals surface area contributed by atoms with Gasteiger partial charge in [0, 0.05) is 0 Å². The fourth-order valence-electron chi connectivity index (χ4n) is 0.753. The van der Waals surface area contributed by atoms with Crippen molar-refractivity contribution in [1.82, 2.24) is 0 Å². The molecule has 0 saturated carbocycles. The van der Waals surface area contributed by atoms with E-state index < -0.39 is 0 Å². The van der Waals surface area contributed by atoms with Crippen molar-refractivity contribution in [3.8, 4) is 0 Å².